The zero-order valence-electron chi connectivity index (χ0n) is 11.6. The van der Waals surface area contributed by atoms with E-state index in [9.17, 15) is 19.3 Å². The molecule has 2 fully saturated rings. The van der Waals surface area contributed by atoms with Crippen molar-refractivity contribution in [2.45, 2.75) is 31.8 Å². The molecule has 22 heavy (non-hydrogen) atoms. The second-order valence-corrected chi connectivity index (χ2v) is 6.70. The molecule has 2 aliphatic heterocycles. The number of rotatable bonds is 4. The topological polar surface area (TPSA) is 129 Å². The normalized spacial score (nSPS) is 29.8. The highest BCUT2D eigenvalue weighted by Crippen LogP contribution is 2.55. The molecule has 0 radical (unpaired) electrons. The minimum absolute atomic E-state index is 0.0972. The van der Waals surface area contributed by atoms with Crippen LogP contribution in [0.25, 0.3) is 0 Å². The lowest BCUT2D eigenvalue weighted by Gasteiger charge is -2.26. The predicted octanol–water partition coefficient (Wildman–Crippen LogP) is -1.07. The van der Waals surface area contributed by atoms with Crippen LogP contribution >= 0.6 is 7.82 Å². The molecular formula is C10H14BN2O8P. The Balaban J connectivity index is 1.70. The quantitative estimate of drug-likeness (QED) is 0.527. The first-order chi connectivity index (χ1) is 10.4. The number of aromatic nitrogens is 2. The van der Waals surface area contributed by atoms with Gasteiger partial charge in [0.05, 0.1) is 12.7 Å². The van der Waals surface area contributed by atoms with Crippen molar-refractivity contribution in [3.8, 4) is 0 Å². The third-order valence-electron chi connectivity index (χ3n) is 3.48. The summed E-state index contributed by atoms with van der Waals surface area (Å²) in [5.41, 5.74) is -0.761. The Kier molecular flexibility index (Phi) is 4.10. The van der Waals surface area contributed by atoms with Crippen LogP contribution in [0.4, 0.5) is 0 Å². The van der Waals surface area contributed by atoms with E-state index >= 15 is 0 Å². The number of H-pyrrole nitrogens is 1. The zero-order valence-corrected chi connectivity index (χ0v) is 12.5. The molecule has 2 aliphatic rings. The molecule has 3 rings (SSSR count). The van der Waals surface area contributed by atoms with Crippen LogP contribution in [0.5, 0.6) is 0 Å². The Morgan fingerprint density at radius 3 is 2.91 bits per heavy atom. The minimum atomic E-state index is -3.49. The fraction of sp³-hybridized carbons (Fsp3) is 0.600. The molecule has 0 bridgehead atoms. The molecule has 2 saturated heterocycles. The highest BCUT2D eigenvalue weighted by atomic mass is 31.2. The van der Waals surface area contributed by atoms with Gasteiger partial charge in [-0.15, -0.1) is 0 Å². The number of aryl methyl sites for hydroxylation is 1. The van der Waals surface area contributed by atoms with E-state index in [0.29, 0.717) is 5.56 Å². The summed E-state index contributed by atoms with van der Waals surface area (Å²) in [4.78, 5) is 25.3. The SMILES string of the molecule is Cc1cn([C@H]2C[C@H](O)[C@@H](COP3(=O)OBO3)O2)c(=O)[nH]c1=O. The maximum atomic E-state index is 11.8. The number of aromatic amines is 1. The first-order valence-corrected chi connectivity index (χ1v) is 8.03. The summed E-state index contributed by atoms with van der Waals surface area (Å²) in [7, 11) is -3.59. The number of nitrogens with zero attached hydrogens (tertiary/aromatic N) is 1. The number of hydrogen-bond acceptors (Lipinski definition) is 8. The second-order valence-electron chi connectivity index (χ2n) is 5.03. The highest BCUT2D eigenvalue weighted by molar-refractivity contribution is 7.53. The van der Waals surface area contributed by atoms with Crippen molar-refractivity contribution in [2.75, 3.05) is 6.61 Å². The van der Waals surface area contributed by atoms with E-state index in [1.807, 2.05) is 0 Å². The van der Waals surface area contributed by atoms with Crippen LogP contribution in [0.3, 0.4) is 0 Å². The van der Waals surface area contributed by atoms with Gasteiger partial charge in [0.1, 0.15) is 12.3 Å². The van der Waals surface area contributed by atoms with Gasteiger partial charge in [0, 0.05) is 18.2 Å². The molecule has 3 atom stereocenters. The van der Waals surface area contributed by atoms with Crippen LogP contribution in [-0.2, 0) is 22.7 Å². The van der Waals surface area contributed by atoms with Crippen LogP contribution in [0.1, 0.15) is 18.2 Å². The maximum Gasteiger partial charge on any atom is 0.456 e. The molecular weight excluding hydrogens is 318 g/mol. The summed E-state index contributed by atoms with van der Waals surface area (Å²) in [6, 6.07) is 0. The molecule has 0 amide bonds. The van der Waals surface area contributed by atoms with Gasteiger partial charge in [0.25, 0.3) is 5.56 Å². The summed E-state index contributed by atoms with van der Waals surface area (Å²) in [5, 5.41) is 9.96. The van der Waals surface area contributed by atoms with Gasteiger partial charge in [-0.25, -0.2) is 9.36 Å². The van der Waals surface area contributed by atoms with Gasteiger partial charge in [-0.3, -0.25) is 18.9 Å². The smallest absolute Gasteiger partial charge is 0.390 e. The van der Waals surface area contributed by atoms with Crippen LogP contribution in [0.2, 0.25) is 0 Å². The zero-order chi connectivity index (χ0) is 15.9. The van der Waals surface area contributed by atoms with Crippen molar-refractivity contribution in [3.63, 3.8) is 0 Å². The summed E-state index contributed by atoms with van der Waals surface area (Å²) < 4.78 is 32.5. The Morgan fingerprint density at radius 1 is 1.55 bits per heavy atom. The largest absolute Gasteiger partial charge is 0.456 e. The summed E-state index contributed by atoms with van der Waals surface area (Å²) >= 11 is 0. The molecule has 0 aliphatic carbocycles. The number of aliphatic hydroxyl groups excluding tert-OH is 1. The molecule has 2 N–H and O–H groups in total. The van der Waals surface area contributed by atoms with E-state index in [1.54, 1.807) is 6.92 Å². The Morgan fingerprint density at radius 2 is 2.27 bits per heavy atom. The Labute approximate surface area is 124 Å². The fourth-order valence-corrected chi connectivity index (χ4v) is 2.97. The molecule has 1 aromatic rings. The van der Waals surface area contributed by atoms with E-state index in [-0.39, 0.29) is 20.7 Å². The number of ether oxygens (including phenoxy) is 1. The summed E-state index contributed by atoms with van der Waals surface area (Å²) in [6.45, 7) is 1.35. The van der Waals surface area contributed by atoms with E-state index < -0.39 is 37.5 Å². The lowest BCUT2D eigenvalue weighted by molar-refractivity contribution is -0.0463. The lowest BCUT2D eigenvalue weighted by atomic mass is 10.2. The molecule has 12 heteroatoms. The van der Waals surface area contributed by atoms with Crippen molar-refractivity contribution in [1.82, 2.24) is 9.55 Å². The Bertz CT molecular complexity index is 724. The summed E-state index contributed by atoms with van der Waals surface area (Å²) in [5.74, 6) is 0. The van der Waals surface area contributed by atoms with Crippen LogP contribution < -0.4 is 11.2 Å². The first kappa shape index (κ1) is 15.7. The molecule has 3 heterocycles. The molecule has 0 saturated carbocycles. The van der Waals surface area contributed by atoms with Gasteiger partial charge < -0.3 is 18.7 Å². The first-order valence-electron chi connectivity index (χ1n) is 6.57. The average Bonchev–Trinajstić information content (AvgIpc) is 2.79. The highest BCUT2D eigenvalue weighted by Gasteiger charge is 2.41. The van der Waals surface area contributed by atoms with Crippen molar-refractivity contribution in [3.05, 3.63) is 32.6 Å². The lowest BCUT2D eigenvalue weighted by Crippen LogP contribution is -2.33. The van der Waals surface area contributed by atoms with Gasteiger partial charge in [-0.05, 0) is 6.92 Å². The van der Waals surface area contributed by atoms with Crippen LogP contribution in [-0.4, -0.2) is 41.2 Å². The van der Waals surface area contributed by atoms with Crippen molar-refractivity contribution in [1.29, 1.82) is 0 Å². The predicted molar refractivity (Wildman–Crippen MR) is 73.5 cm³/mol. The van der Waals surface area contributed by atoms with Gasteiger partial charge in [-0.1, -0.05) is 0 Å². The minimum Gasteiger partial charge on any atom is -0.390 e. The Hall–Kier alpha value is -1.23. The van der Waals surface area contributed by atoms with Crippen molar-refractivity contribution >= 4 is 15.5 Å². The monoisotopic (exact) mass is 332 g/mol. The number of aliphatic hydroxyl groups is 1. The molecule has 0 spiro atoms. The molecule has 120 valence electrons. The number of hydrogen-bond donors (Lipinski definition) is 2. The average molecular weight is 332 g/mol. The van der Waals surface area contributed by atoms with E-state index in [4.69, 9.17) is 9.26 Å². The summed E-state index contributed by atoms with van der Waals surface area (Å²) in [6.07, 6.45) is -0.969. The van der Waals surface area contributed by atoms with Crippen LogP contribution in [0, 0.1) is 6.92 Å². The molecule has 1 aromatic heterocycles. The van der Waals surface area contributed by atoms with Crippen molar-refractivity contribution < 1.29 is 27.8 Å². The van der Waals surface area contributed by atoms with Crippen molar-refractivity contribution in [2.24, 2.45) is 0 Å². The molecule has 0 unspecified atom stereocenters. The van der Waals surface area contributed by atoms with Gasteiger partial charge in [-0.2, -0.15) is 0 Å². The molecule has 0 aromatic carbocycles. The maximum absolute atomic E-state index is 11.8. The van der Waals surface area contributed by atoms with E-state index in [1.165, 1.54) is 10.8 Å². The standard InChI is InChI=1S/C10H14BN2O8P/c1-5-3-13(10(16)12-9(5)15)8-2-6(14)7(19-8)4-18-22(17)20-11-21-22/h3,6-8,11,14H,2,4H2,1H3,(H,12,15,16)/t6-,7+,8+/m0/s1. The van der Waals surface area contributed by atoms with E-state index in [0.717, 1.165) is 0 Å². The van der Waals surface area contributed by atoms with Crippen LogP contribution in [0.15, 0.2) is 15.8 Å². The fourth-order valence-electron chi connectivity index (χ4n) is 2.21. The number of nitrogens with one attached hydrogen (secondary N) is 1. The van der Waals surface area contributed by atoms with Gasteiger partial charge in [0.15, 0.2) is 0 Å². The third kappa shape index (κ3) is 2.96. The van der Waals surface area contributed by atoms with Gasteiger partial charge in [0.2, 0.25) is 0 Å². The second kappa shape index (κ2) is 5.76. The number of phosphoric acid groups is 1. The van der Waals surface area contributed by atoms with Gasteiger partial charge >= 0.3 is 21.2 Å². The molecule has 10 nitrogen and oxygen atoms in total. The third-order valence-corrected chi connectivity index (χ3v) is 4.79. The van der Waals surface area contributed by atoms with E-state index in [2.05, 4.69) is 13.9 Å².